The minimum Gasteiger partial charge on any atom is -0.488 e. The van der Waals surface area contributed by atoms with Crippen molar-refractivity contribution < 1.29 is 32.3 Å². The Bertz CT molecular complexity index is 1510. The molecular weight excluding hydrogens is 612 g/mol. The summed E-state index contributed by atoms with van der Waals surface area (Å²) in [5, 5.41) is 1.31. The number of ketones is 1. The Hall–Kier alpha value is -2.92. The third-order valence-corrected chi connectivity index (χ3v) is 10.2. The van der Waals surface area contributed by atoms with Crippen molar-refractivity contribution in [3.63, 3.8) is 0 Å². The summed E-state index contributed by atoms with van der Waals surface area (Å²) in [6.45, 7) is 9.14. The Morgan fingerprint density at radius 2 is 1.93 bits per heavy atom. The molecule has 11 heteroatoms. The van der Waals surface area contributed by atoms with Gasteiger partial charge in [0.1, 0.15) is 17.5 Å². The lowest BCUT2D eigenvalue weighted by molar-refractivity contribution is -0.131. The van der Waals surface area contributed by atoms with E-state index in [9.17, 15) is 22.8 Å². The van der Waals surface area contributed by atoms with Crippen molar-refractivity contribution >= 4 is 54.5 Å². The lowest BCUT2D eigenvalue weighted by atomic mass is 9.91. The van der Waals surface area contributed by atoms with Crippen molar-refractivity contribution in [2.45, 2.75) is 75.9 Å². The summed E-state index contributed by atoms with van der Waals surface area (Å²) in [5.41, 5.74) is -1.99. The average molecular weight is 648 g/mol. The minimum atomic E-state index is -3.78. The van der Waals surface area contributed by atoms with Gasteiger partial charge in [-0.05, 0) is 69.5 Å². The van der Waals surface area contributed by atoms with Crippen LogP contribution in [0.1, 0.15) is 52.9 Å². The lowest BCUT2D eigenvalue weighted by Gasteiger charge is -2.28. The van der Waals surface area contributed by atoms with Crippen LogP contribution >= 0.6 is 15.9 Å². The van der Waals surface area contributed by atoms with E-state index in [1.807, 2.05) is 36.4 Å². The normalized spacial score (nSPS) is 26.0. The number of hydrogen-bond acceptors (Lipinski definition) is 7. The molecule has 41 heavy (non-hydrogen) atoms. The van der Waals surface area contributed by atoms with Gasteiger partial charge in [-0.2, -0.15) is 0 Å². The molecule has 2 amide bonds. The van der Waals surface area contributed by atoms with Gasteiger partial charge in [-0.1, -0.05) is 40.2 Å². The van der Waals surface area contributed by atoms with Crippen LogP contribution < -0.4 is 9.46 Å². The molecule has 2 aromatic carbocycles. The second-order valence-corrected chi connectivity index (χ2v) is 15.1. The van der Waals surface area contributed by atoms with E-state index >= 15 is 0 Å². The summed E-state index contributed by atoms with van der Waals surface area (Å²) in [6.07, 6.45) is 1.78. The Balaban J connectivity index is 1.38. The van der Waals surface area contributed by atoms with Gasteiger partial charge < -0.3 is 9.47 Å². The molecule has 0 unspecified atom stereocenters. The van der Waals surface area contributed by atoms with Crippen LogP contribution in [0.2, 0.25) is 0 Å². The van der Waals surface area contributed by atoms with E-state index in [-0.39, 0.29) is 31.1 Å². The highest BCUT2D eigenvalue weighted by Gasteiger charge is 2.61. The second kappa shape index (κ2) is 10.7. The van der Waals surface area contributed by atoms with Crippen molar-refractivity contribution in [1.82, 2.24) is 9.62 Å². The summed E-state index contributed by atoms with van der Waals surface area (Å²) in [4.78, 5) is 41.7. The predicted octanol–water partition coefficient (Wildman–Crippen LogP) is 5.12. The molecule has 3 aliphatic rings. The standard InChI is InChI=1S/C30H35BrN2O7S/c1-5-19-15-30(19,27(35)32-41(37,38)22-11-12-22)16-25(34)24-14-21(17-33(24)28(36)40-29(2,3)4)39-26-8-6-7-18-9-10-20(31)13-23(18)26/h5-10,13,19,21-22,24H,1,11-12,14-17H2,2-4H3,(H,32,35)/t19-,21-,24+,30-/m1/s1. The zero-order valence-corrected chi connectivity index (χ0v) is 25.8. The van der Waals surface area contributed by atoms with Gasteiger partial charge in [0.2, 0.25) is 15.9 Å². The molecule has 0 radical (unpaired) electrons. The van der Waals surface area contributed by atoms with E-state index in [2.05, 4.69) is 27.2 Å². The molecule has 1 N–H and O–H groups in total. The molecule has 2 aromatic rings. The molecule has 1 aliphatic heterocycles. The van der Waals surface area contributed by atoms with Crippen LogP contribution in [-0.2, 0) is 24.3 Å². The SMILES string of the molecule is C=C[C@@H]1C[C@]1(CC(=O)[C@@H]1C[C@@H](Oc2cccc3ccc(Br)cc23)CN1C(=O)OC(C)(C)C)C(=O)NS(=O)(=O)C1CC1. The molecule has 4 atom stereocenters. The van der Waals surface area contributed by atoms with Crippen LogP contribution in [0.4, 0.5) is 4.79 Å². The molecule has 3 fully saturated rings. The van der Waals surface area contributed by atoms with Gasteiger partial charge in [0.05, 0.1) is 23.3 Å². The smallest absolute Gasteiger partial charge is 0.411 e. The molecule has 2 saturated carbocycles. The van der Waals surface area contributed by atoms with Gasteiger partial charge in [0.25, 0.3) is 0 Å². The number of halogens is 1. The van der Waals surface area contributed by atoms with Gasteiger partial charge >= 0.3 is 6.09 Å². The predicted molar refractivity (Wildman–Crippen MR) is 158 cm³/mol. The quantitative estimate of drug-likeness (QED) is 0.376. The van der Waals surface area contributed by atoms with Crippen LogP contribution in [-0.4, -0.2) is 60.6 Å². The van der Waals surface area contributed by atoms with E-state index in [1.165, 1.54) is 4.90 Å². The van der Waals surface area contributed by atoms with Crippen LogP contribution in [0.25, 0.3) is 10.8 Å². The maximum Gasteiger partial charge on any atom is 0.411 e. The Morgan fingerprint density at radius 3 is 2.56 bits per heavy atom. The molecule has 9 nitrogen and oxygen atoms in total. The van der Waals surface area contributed by atoms with Crippen molar-refractivity contribution in [3.8, 4) is 5.75 Å². The van der Waals surface area contributed by atoms with Crippen LogP contribution in [0.3, 0.4) is 0 Å². The molecule has 0 spiro atoms. The van der Waals surface area contributed by atoms with Gasteiger partial charge in [0, 0.05) is 22.7 Å². The van der Waals surface area contributed by atoms with Crippen molar-refractivity contribution in [1.29, 1.82) is 0 Å². The number of hydrogen-bond donors (Lipinski definition) is 1. The van der Waals surface area contributed by atoms with Gasteiger partial charge in [-0.25, -0.2) is 13.2 Å². The minimum absolute atomic E-state index is 0.121. The van der Waals surface area contributed by atoms with E-state index in [0.29, 0.717) is 25.0 Å². The van der Waals surface area contributed by atoms with E-state index in [0.717, 1.165) is 15.2 Å². The zero-order valence-electron chi connectivity index (χ0n) is 23.4. The first-order valence-electron chi connectivity index (χ1n) is 13.8. The van der Waals surface area contributed by atoms with Gasteiger partial charge in [-0.3, -0.25) is 19.2 Å². The topological polar surface area (TPSA) is 119 Å². The van der Waals surface area contributed by atoms with E-state index in [1.54, 1.807) is 26.8 Å². The molecule has 1 saturated heterocycles. The van der Waals surface area contributed by atoms with Crippen LogP contribution in [0.15, 0.2) is 53.5 Å². The molecule has 220 valence electrons. The number of amides is 2. The number of carbonyl (C=O) groups is 3. The highest BCUT2D eigenvalue weighted by molar-refractivity contribution is 9.10. The lowest BCUT2D eigenvalue weighted by Crippen LogP contribution is -2.46. The summed E-state index contributed by atoms with van der Waals surface area (Å²) < 4.78 is 40.1. The van der Waals surface area contributed by atoms with E-state index in [4.69, 9.17) is 9.47 Å². The summed E-state index contributed by atoms with van der Waals surface area (Å²) in [7, 11) is -3.78. The number of allylic oxidation sites excluding steroid dienone is 1. The molecule has 0 bridgehead atoms. The molecule has 5 rings (SSSR count). The fraction of sp³-hybridized carbons (Fsp3) is 0.500. The number of sulfonamides is 1. The number of carbonyl (C=O) groups excluding carboxylic acids is 3. The van der Waals surface area contributed by atoms with Crippen molar-refractivity contribution in [2.24, 2.45) is 11.3 Å². The number of benzene rings is 2. The summed E-state index contributed by atoms with van der Waals surface area (Å²) >= 11 is 3.50. The number of fused-ring (bicyclic) bond motifs is 1. The number of nitrogens with one attached hydrogen (secondary N) is 1. The maximum atomic E-state index is 13.8. The average Bonchev–Trinajstić information content (AvgIpc) is 3.80. The number of likely N-dealkylation sites (tertiary alicyclic amines) is 1. The first-order valence-corrected chi connectivity index (χ1v) is 16.1. The Kier molecular flexibility index (Phi) is 7.74. The first-order chi connectivity index (χ1) is 19.2. The van der Waals surface area contributed by atoms with Crippen LogP contribution in [0, 0.1) is 11.3 Å². The second-order valence-electron chi connectivity index (χ2n) is 12.3. The summed E-state index contributed by atoms with van der Waals surface area (Å²) in [5.74, 6) is -0.732. The zero-order chi connectivity index (χ0) is 29.7. The van der Waals surface area contributed by atoms with Crippen LogP contribution in [0.5, 0.6) is 5.75 Å². The highest BCUT2D eigenvalue weighted by atomic mass is 79.9. The monoisotopic (exact) mass is 646 g/mol. The summed E-state index contributed by atoms with van der Waals surface area (Å²) in [6, 6.07) is 10.7. The van der Waals surface area contributed by atoms with Crippen molar-refractivity contribution in [3.05, 3.63) is 53.5 Å². The van der Waals surface area contributed by atoms with Crippen molar-refractivity contribution in [2.75, 3.05) is 6.54 Å². The largest absolute Gasteiger partial charge is 0.488 e. The Morgan fingerprint density at radius 1 is 1.20 bits per heavy atom. The molecule has 1 heterocycles. The number of rotatable bonds is 9. The third-order valence-electron chi connectivity index (χ3n) is 7.92. The first kappa shape index (κ1) is 29.6. The van der Waals surface area contributed by atoms with Gasteiger partial charge in [-0.15, -0.1) is 6.58 Å². The molecular formula is C30H35BrN2O7S. The number of ether oxygens (including phenoxy) is 2. The van der Waals surface area contributed by atoms with E-state index < -0.39 is 50.4 Å². The maximum absolute atomic E-state index is 13.8. The number of nitrogens with zero attached hydrogens (tertiary/aromatic N) is 1. The fourth-order valence-electron chi connectivity index (χ4n) is 5.52. The molecule has 0 aromatic heterocycles. The van der Waals surface area contributed by atoms with Gasteiger partial charge in [0.15, 0.2) is 5.78 Å². The Labute approximate surface area is 248 Å². The fourth-order valence-corrected chi connectivity index (χ4v) is 7.26. The highest BCUT2D eigenvalue weighted by Crippen LogP contribution is 2.57. The third kappa shape index (κ3) is 6.30. The number of Topliss-reactive ketones (excluding diaryl/α,β-unsaturated/α-hetero) is 1. The molecule has 2 aliphatic carbocycles.